The monoisotopic (exact) mass is 342 g/mol. The van der Waals surface area contributed by atoms with Crippen LogP contribution in [-0.4, -0.2) is 30.1 Å². The van der Waals surface area contributed by atoms with Crippen molar-refractivity contribution >= 4 is 15.9 Å². The number of hydrogen-bond acceptors (Lipinski definition) is 2. The third-order valence-electron chi connectivity index (χ3n) is 4.44. The third-order valence-corrected chi connectivity index (χ3v) is 4.94. The quantitative estimate of drug-likeness (QED) is 0.895. The zero-order chi connectivity index (χ0) is 14.7. The average Bonchev–Trinajstić information content (AvgIpc) is 2.44. The van der Waals surface area contributed by atoms with Crippen LogP contribution in [0.5, 0.6) is 0 Å². The van der Waals surface area contributed by atoms with Crippen LogP contribution in [-0.2, 0) is 6.54 Å². The fraction of sp³-hybridized carbons (Fsp3) is 0.625. The second-order valence-electron chi connectivity index (χ2n) is 5.91. The van der Waals surface area contributed by atoms with Crippen molar-refractivity contribution in [2.75, 3.05) is 13.1 Å². The van der Waals surface area contributed by atoms with Gasteiger partial charge in [0.15, 0.2) is 0 Å². The zero-order valence-corrected chi connectivity index (χ0v) is 14.1. The van der Waals surface area contributed by atoms with Gasteiger partial charge in [0.05, 0.1) is 0 Å². The van der Waals surface area contributed by atoms with E-state index in [1.807, 2.05) is 6.07 Å². The van der Waals surface area contributed by atoms with Crippen LogP contribution < -0.4 is 5.32 Å². The van der Waals surface area contributed by atoms with Gasteiger partial charge in [-0.05, 0) is 31.0 Å². The van der Waals surface area contributed by atoms with E-state index in [4.69, 9.17) is 0 Å². The molecule has 0 radical (unpaired) electrons. The Bertz CT molecular complexity index is 452. The number of hydrogen-bond donors (Lipinski definition) is 1. The number of nitrogens with zero attached hydrogens (tertiary/aromatic N) is 1. The van der Waals surface area contributed by atoms with Crippen LogP contribution in [0.15, 0.2) is 22.7 Å². The summed E-state index contributed by atoms with van der Waals surface area (Å²) in [6.07, 6.45) is 1.17. The van der Waals surface area contributed by atoms with Crippen molar-refractivity contribution in [2.24, 2.45) is 5.92 Å². The molecule has 2 rings (SSSR count). The van der Waals surface area contributed by atoms with E-state index in [1.165, 1.54) is 6.42 Å². The summed E-state index contributed by atoms with van der Waals surface area (Å²) in [5.74, 6) is 0.538. The molecule has 1 fully saturated rings. The van der Waals surface area contributed by atoms with Gasteiger partial charge in [-0.2, -0.15) is 0 Å². The Morgan fingerprint density at radius 3 is 2.95 bits per heavy atom. The van der Waals surface area contributed by atoms with E-state index in [2.05, 4.69) is 46.9 Å². The highest BCUT2D eigenvalue weighted by Gasteiger charge is 2.28. The highest BCUT2D eigenvalue weighted by atomic mass is 79.9. The number of nitrogens with one attached hydrogen (secondary N) is 1. The largest absolute Gasteiger partial charge is 0.311 e. The molecule has 1 aliphatic heterocycles. The van der Waals surface area contributed by atoms with Gasteiger partial charge < -0.3 is 5.32 Å². The molecule has 1 N–H and O–H groups in total. The summed E-state index contributed by atoms with van der Waals surface area (Å²) in [6.45, 7) is 9.36. The van der Waals surface area contributed by atoms with E-state index in [1.54, 1.807) is 12.1 Å². The lowest BCUT2D eigenvalue weighted by atomic mass is 9.95. The minimum absolute atomic E-state index is 0.112. The minimum Gasteiger partial charge on any atom is -0.311 e. The van der Waals surface area contributed by atoms with Gasteiger partial charge in [-0.15, -0.1) is 0 Å². The third kappa shape index (κ3) is 3.80. The van der Waals surface area contributed by atoms with E-state index in [0.717, 1.165) is 23.1 Å². The summed E-state index contributed by atoms with van der Waals surface area (Å²) in [4.78, 5) is 2.39. The van der Waals surface area contributed by atoms with Crippen LogP contribution in [0.1, 0.15) is 32.8 Å². The molecule has 0 aromatic heterocycles. The van der Waals surface area contributed by atoms with Gasteiger partial charge in [-0.1, -0.05) is 36.2 Å². The van der Waals surface area contributed by atoms with Gasteiger partial charge in [-0.3, -0.25) is 4.90 Å². The lowest BCUT2D eigenvalue weighted by molar-refractivity contribution is 0.110. The number of piperazine rings is 1. The summed E-state index contributed by atoms with van der Waals surface area (Å²) >= 11 is 3.42. The molecule has 0 aliphatic carbocycles. The van der Waals surface area contributed by atoms with Crippen LogP contribution in [0, 0.1) is 11.7 Å². The highest BCUT2D eigenvalue weighted by molar-refractivity contribution is 9.10. The first-order valence-corrected chi connectivity index (χ1v) is 8.22. The maximum atomic E-state index is 13.9. The first-order valence-electron chi connectivity index (χ1n) is 7.42. The SMILES string of the molecule is CCC(C)C1CN(Cc2cc(Br)ccc2F)C(C)CN1. The predicted molar refractivity (Wildman–Crippen MR) is 85.2 cm³/mol. The van der Waals surface area contributed by atoms with Crippen molar-refractivity contribution in [3.8, 4) is 0 Å². The Morgan fingerprint density at radius 2 is 2.25 bits per heavy atom. The van der Waals surface area contributed by atoms with Crippen molar-refractivity contribution in [2.45, 2.75) is 45.8 Å². The van der Waals surface area contributed by atoms with Crippen LogP contribution in [0.4, 0.5) is 4.39 Å². The molecule has 1 aliphatic rings. The second-order valence-corrected chi connectivity index (χ2v) is 6.83. The molecule has 2 nitrogen and oxygen atoms in total. The summed E-state index contributed by atoms with van der Waals surface area (Å²) in [7, 11) is 0. The summed E-state index contributed by atoms with van der Waals surface area (Å²) in [5.41, 5.74) is 0.774. The molecule has 1 aromatic carbocycles. The number of rotatable bonds is 4. The first kappa shape index (κ1) is 15.9. The Balaban J connectivity index is 2.08. The summed E-state index contributed by atoms with van der Waals surface area (Å²) in [6, 6.07) is 6.13. The molecule has 0 bridgehead atoms. The van der Waals surface area contributed by atoms with Crippen LogP contribution in [0.3, 0.4) is 0 Å². The molecule has 3 unspecified atom stereocenters. The van der Waals surface area contributed by atoms with Crippen molar-refractivity contribution in [1.29, 1.82) is 0 Å². The smallest absolute Gasteiger partial charge is 0.127 e. The Morgan fingerprint density at radius 1 is 1.50 bits per heavy atom. The van der Waals surface area contributed by atoms with E-state index < -0.39 is 0 Å². The minimum atomic E-state index is -0.112. The molecule has 1 heterocycles. The highest BCUT2D eigenvalue weighted by Crippen LogP contribution is 2.21. The number of halogens is 2. The molecule has 112 valence electrons. The zero-order valence-electron chi connectivity index (χ0n) is 12.5. The normalized spacial score (nSPS) is 25.6. The molecular weight excluding hydrogens is 319 g/mol. The molecule has 20 heavy (non-hydrogen) atoms. The van der Waals surface area contributed by atoms with Gasteiger partial charge in [-0.25, -0.2) is 4.39 Å². The molecular formula is C16H24BrFN2. The second kappa shape index (κ2) is 7.01. The van der Waals surface area contributed by atoms with Gasteiger partial charge >= 0.3 is 0 Å². The lowest BCUT2D eigenvalue weighted by Crippen LogP contribution is -2.57. The Kier molecular flexibility index (Phi) is 5.58. The van der Waals surface area contributed by atoms with E-state index >= 15 is 0 Å². The molecule has 0 spiro atoms. The Hall–Kier alpha value is -0.450. The van der Waals surface area contributed by atoms with Crippen molar-refractivity contribution < 1.29 is 4.39 Å². The molecule has 1 aromatic rings. The van der Waals surface area contributed by atoms with Crippen LogP contribution in [0.25, 0.3) is 0 Å². The number of benzene rings is 1. The van der Waals surface area contributed by atoms with E-state index in [9.17, 15) is 4.39 Å². The van der Waals surface area contributed by atoms with Gasteiger partial charge in [0, 0.05) is 41.8 Å². The van der Waals surface area contributed by atoms with Crippen molar-refractivity contribution in [1.82, 2.24) is 10.2 Å². The van der Waals surface area contributed by atoms with Crippen LogP contribution >= 0.6 is 15.9 Å². The molecule has 4 heteroatoms. The topological polar surface area (TPSA) is 15.3 Å². The molecule has 0 amide bonds. The summed E-state index contributed by atoms with van der Waals surface area (Å²) in [5, 5.41) is 3.62. The molecule has 1 saturated heterocycles. The first-order chi connectivity index (χ1) is 9.51. The molecule has 3 atom stereocenters. The van der Waals surface area contributed by atoms with Crippen LogP contribution in [0.2, 0.25) is 0 Å². The van der Waals surface area contributed by atoms with E-state index in [0.29, 0.717) is 24.5 Å². The van der Waals surface area contributed by atoms with Gasteiger partial charge in [0.2, 0.25) is 0 Å². The molecule has 0 saturated carbocycles. The maximum absolute atomic E-state index is 13.9. The van der Waals surface area contributed by atoms with Gasteiger partial charge in [0.25, 0.3) is 0 Å². The average molecular weight is 343 g/mol. The predicted octanol–water partition coefficient (Wildman–Crippen LogP) is 3.80. The summed E-state index contributed by atoms with van der Waals surface area (Å²) < 4.78 is 14.9. The van der Waals surface area contributed by atoms with E-state index in [-0.39, 0.29) is 5.82 Å². The van der Waals surface area contributed by atoms with Gasteiger partial charge in [0.1, 0.15) is 5.82 Å². The fourth-order valence-corrected chi connectivity index (χ4v) is 3.13. The Labute approximate surface area is 129 Å². The standard InChI is InChI=1S/C16H24BrFN2/c1-4-11(2)16-10-20(12(3)8-19-16)9-13-7-14(17)5-6-15(13)18/h5-7,11-12,16,19H,4,8-10H2,1-3H3. The maximum Gasteiger partial charge on any atom is 0.127 e. The lowest BCUT2D eigenvalue weighted by Gasteiger charge is -2.41. The van der Waals surface area contributed by atoms with Crippen molar-refractivity contribution in [3.05, 3.63) is 34.1 Å². The fourth-order valence-electron chi connectivity index (χ4n) is 2.72. The van der Waals surface area contributed by atoms with Crippen molar-refractivity contribution in [3.63, 3.8) is 0 Å².